The van der Waals surface area contributed by atoms with Gasteiger partial charge in [-0.1, -0.05) is 78.1 Å². The van der Waals surface area contributed by atoms with Crippen LogP contribution in [0.4, 0.5) is 0 Å². The molecule has 0 unspecified atom stereocenters. The monoisotopic (exact) mass is 375 g/mol. The first kappa shape index (κ1) is 17.4. The Morgan fingerprint density at radius 2 is 1.50 bits per heavy atom. The summed E-state index contributed by atoms with van der Waals surface area (Å²) in [6, 6.07) is 14.0. The van der Waals surface area contributed by atoms with Gasteiger partial charge in [-0.25, -0.2) is 0 Å². The quantitative estimate of drug-likeness (QED) is 0.468. The van der Waals surface area contributed by atoms with Crippen molar-refractivity contribution < 1.29 is 4.57 Å². The fourth-order valence-electron chi connectivity index (χ4n) is 4.72. The molecule has 2 heterocycles. The van der Waals surface area contributed by atoms with E-state index in [0.717, 1.165) is 0 Å². The molecule has 0 bridgehead atoms. The fourth-order valence-corrected chi connectivity index (χ4v) is 14.5. The minimum Gasteiger partial charge on any atom is -0.252 e. The topological polar surface area (TPSA) is 16.8 Å². The molecule has 4 rings (SSSR count). The van der Waals surface area contributed by atoms with Crippen LogP contribution >= 0.6 is 0 Å². The molecule has 4 heteroatoms. The molecule has 0 amide bonds. The van der Waals surface area contributed by atoms with Crippen LogP contribution in [0.1, 0.15) is 5.56 Å². The molecular formula is C22H27N2Si2+. The van der Waals surface area contributed by atoms with Crippen LogP contribution in [-0.4, -0.2) is 21.1 Å². The lowest BCUT2D eigenvalue weighted by atomic mass is 10.1. The highest BCUT2D eigenvalue weighted by Gasteiger charge is 2.46. The SMILES string of the molecule is Cc1ccc2c(c1-c1cncc[n+]1C)[Si](C)(C)c1ccccc1[Si]2(C)C. The molecule has 1 aromatic heterocycles. The molecule has 0 radical (unpaired) electrons. The first-order valence-electron chi connectivity index (χ1n) is 9.31. The van der Waals surface area contributed by atoms with Crippen molar-refractivity contribution in [3.8, 4) is 11.3 Å². The van der Waals surface area contributed by atoms with Crippen molar-refractivity contribution in [3.05, 3.63) is 60.6 Å². The number of aryl methyl sites for hydroxylation is 2. The molecule has 2 nitrogen and oxygen atoms in total. The van der Waals surface area contributed by atoms with Crippen LogP contribution in [0, 0.1) is 6.92 Å². The third-order valence-corrected chi connectivity index (χ3v) is 13.8. The molecule has 0 fully saturated rings. The Bertz CT molecular complexity index is 1020. The number of aromatic nitrogens is 2. The van der Waals surface area contributed by atoms with E-state index in [1.165, 1.54) is 16.8 Å². The minimum atomic E-state index is -1.81. The van der Waals surface area contributed by atoms with Crippen LogP contribution in [0.2, 0.25) is 26.2 Å². The van der Waals surface area contributed by atoms with Crippen molar-refractivity contribution in [1.82, 2.24) is 4.98 Å². The van der Waals surface area contributed by atoms with Crippen molar-refractivity contribution in [2.45, 2.75) is 33.1 Å². The molecule has 0 spiro atoms. The van der Waals surface area contributed by atoms with Gasteiger partial charge in [-0.15, -0.1) is 0 Å². The maximum Gasteiger partial charge on any atom is 0.230 e. The Kier molecular flexibility index (Phi) is 3.83. The lowest BCUT2D eigenvalue weighted by Gasteiger charge is -2.43. The van der Waals surface area contributed by atoms with E-state index in [1.54, 1.807) is 20.7 Å². The molecule has 0 atom stereocenters. The third kappa shape index (κ3) is 2.28. The number of rotatable bonds is 1. The van der Waals surface area contributed by atoms with Gasteiger partial charge < -0.3 is 0 Å². The van der Waals surface area contributed by atoms with Gasteiger partial charge in [0.2, 0.25) is 5.69 Å². The van der Waals surface area contributed by atoms with E-state index in [4.69, 9.17) is 0 Å². The zero-order chi connectivity index (χ0) is 18.7. The second-order valence-corrected chi connectivity index (χ2v) is 17.2. The van der Waals surface area contributed by atoms with Gasteiger partial charge in [-0.05, 0) is 17.7 Å². The van der Waals surface area contributed by atoms with Crippen LogP contribution in [0.3, 0.4) is 0 Å². The normalized spacial score (nSPS) is 16.7. The zero-order valence-electron chi connectivity index (χ0n) is 16.6. The Morgan fingerprint density at radius 1 is 0.846 bits per heavy atom. The fraction of sp³-hybridized carbons (Fsp3) is 0.273. The van der Waals surface area contributed by atoms with E-state index in [9.17, 15) is 0 Å². The Balaban J connectivity index is 2.15. The summed E-state index contributed by atoms with van der Waals surface area (Å²) in [7, 11) is -1.40. The molecule has 1 aliphatic rings. The van der Waals surface area contributed by atoms with Gasteiger partial charge in [0.25, 0.3) is 0 Å². The lowest BCUT2D eigenvalue weighted by molar-refractivity contribution is -0.660. The summed E-state index contributed by atoms with van der Waals surface area (Å²) in [6.45, 7) is 12.3. The van der Waals surface area contributed by atoms with Crippen molar-refractivity contribution in [3.63, 3.8) is 0 Å². The number of fused-ring (bicyclic) bond motifs is 2. The highest BCUT2D eigenvalue weighted by Crippen LogP contribution is 2.24. The average molecular weight is 376 g/mol. The Labute approximate surface area is 158 Å². The predicted octanol–water partition coefficient (Wildman–Crippen LogP) is 1.84. The average Bonchev–Trinajstić information content (AvgIpc) is 2.61. The van der Waals surface area contributed by atoms with Gasteiger partial charge >= 0.3 is 0 Å². The van der Waals surface area contributed by atoms with E-state index in [-0.39, 0.29) is 0 Å². The van der Waals surface area contributed by atoms with Gasteiger partial charge in [0, 0.05) is 0 Å². The van der Waals surface area contributed by atoms with Crippen LogP contribution < -0.4 is 25.3 Å². The summed E-state index contributed by atoms with van der Waals surface area (Å²) < 4.78 is 2.22. The van der Waals surface area contributed by atoms with Crippen LogP contribution in [0.5, 0.6) is 0 Å². The van der Waals surface area contributed by atoms with Crippen molar-refractivity contribution in [1.29, 1.82) is 0 Å². The standard InChI is InChI=1S/C22H27N2Si2/c1-16-11-12-20-22(21(16)17-15-23-13-14-24(17)2)26(5,6)19-10-8-7-9-18(19)25(20,3)4/h7-15H,1-6H3/q+1. The minimum absolute atomic E-state index is 1.23. The van der Waals surface area contributed by atoms with E-state index in [0.29, 0.717) is 0 Å². The maximum absolute atomic E-state index is 4.45. The smallest absolute Gasteiger partial charge is 0.230 e. The Hall–Kier alpha value is -2.05. The second kappa shape index (κ2) is 5.73. The molecule has 2 aromatic carbocycles. The molecule has 0 saturated carbocycles. The zero-order valence-corrected chi connectivity index (χ0v) is 18.6. The van der Waals surface area contributed by atoms with Gasteiger partial charge in [-0.3, -0.25) is 4.98 Å². The number of nitrogens with zero attached hydrogens (tertiary/aromatic N) is 2. The first-order valence-corrected chi connectivity index (χ1v) is 15.3. The molecule has 0 N–H and O–H groups in total. The third-order valence-electron chi connectivity index (χ3n) is 6.20. The lowest BCUT2D eigenvalue weighted by Crippen LogP contribution is -2.78. The second-order valence-electron chi connectivity index (χ2n) is 8.55. The predicted molar refractivity (Wildman–Crippen MR) is 116 cm³/mol. The summed E-state index contributed by atoms with van der Waals surface area (Å²) >= 11 is 0. The highest BCUT2D eigenvalue weighted by molar-refractivity contribution is 7.16. The molecular weight excluding hydrogens is 348 g/mol. The molecule has 0 aliphatic carbocycles. The Morgan fingerprint density at radius 3 is 2.15 bits per heavy atom. The molecule has 26 heavy (non-hydrogen) atoms. The van der Waals surface area contributed by atoms with Crippen molar-refractivity contribution >= 4 is 36.9 Å². The number of hydrogen-bond donors (Lipinski definition) is 0. The van der Waals surface area contributed by atoms with E-state index in [1.807, 2.05) is 12.4 Å². The van der Waals surface area contributed by atoms with Crippen LogP contribution in [-0.2, 0) is 7.05 Å². The van der Waals surface area contributed by atoms with Gasteiger partial charge in [-0.2, -0.15) is 4.57 Å². The maximum atomic E-state index is 4.45. The van der Waals surface area contributed by atoms with Crippen LogP contribution in [0.15, 0.2) is 55.0 Å². The van der Waals surface area contributed by atoms with E-state index < -0.39 is 16.1 Å². The van der Waals surface area contributed by atoms with Gasteiger partial charge in [0.05, 0.1) is 18.0 Å². The van der Waals surface area contributed by atoms with Crippen LogP contribution in [0.25, 0.3) is 11.3 Å². The summed E-state index contributed by atoms with van der Waals surface area (Å²) in [5.41, 5.74) is 4.01. The number of benzene rings is 2. The largest absolute Gasteiger partial charge is 0.252 e. The summed E-state index contributed by atoms with van der Waals surface area (Å²) in [5.74, 6) is 0. The van der Waals surface area contributed by atoms with Gasteiger partial charge in [0.1, 0.15) is 23.2 Å². The van der Waals surface area contributed by atoms with Crippen molar-refractivity contribution in [2.24, 2.45) is 7.05 Å². The van der Waals surface area contributed by atoms with E-state index in [2.05, 4.69) is 92.3 Å². The van der Waals surface area contributed by atoms with Gasteiger partial charge in [0.15, 0.2) is 6.20 Å². The first-order chi connectivity index (χ1) is 12.3. The highest BCUT2D eigenvalue weighted by atomic mass is 28.3. The summed E-state index contributed by atoms with van der Waals surface area (Å²) in [6.07, 6.45) is 5.95. The summed E-state index contributed by atoms with van der Waals surface area (Å²) in [5, 5.41) is 6.52. The molecule has 132 valence electrons. The molecule has 1 aliphatic heterocycles. The van der Waals surface area contributed by atoms with E-state index >= 15 is 0 Å². The summed E-state index contributed by atoms with van der Waals surface area (Å²) in [4.78, 5) is 4.45. The molecule has 0 saturated heterocycles. The van der Waals surface area contributed by atoms with Crippen molar-refractivity contribution in [2.75, 3.05) is 0 Å². The molecule has 3 aromatic rings. The number of hydrogen-bond acceptors (Lipinski definition) is 1.